The number of thioether (sulfide) groups is 1. The minimum Gasteiger partial charge on any atom is -0.496 e. The zero-order chi connectivity index (χ0) is 17.6. The molecule has 0 aliphatic carbocycles. The highest BCUT2D eigenvalue weighted by atomic mass is 32.2. The summed E-state index contributed by atoms with van der Waals surface area (Å²) in [5.74, 6) is 2.12. The monoisotopic (exact) mass is 375 g/mol. The molecule has 0 saturated heterocycles. The fraction of sp³-hybridized carbons (Fsp3) is 0.294. The van der Waals surface area contributed by atoms with Crippen molar-refractivity contribution < 1.29 is 13.9 Å². The molecule has 0 fully saturated rings. The minimum atomic E-state index is 0.0563. The second kappa shape index (κ2) is 6.27. The maximum absolute atomic E-state index is 6.01. The van der Waals surface area contributed by atoms with E-state index < -0.39 is 0 Å². The zero-order valence-corrected chi connectivity index (χ0v) is 15.9. The second-order valence-electron chi connectivity index (χ2n) is 5.74. The van der Waals surface area contributed by atoms with Crippen molar-refractivity contribution in [2.24, 2.45) is 0 Å². The van der Waals surface area contributed by atoms with Crippen LogP contribution in [0.1, 0.15) is 13.8 Å². The summed E-state index contributed by atoms with van der Waals surface area (Å²) in [6.45, 7) is 3.98. The van der Waals surface area contributed by atoms with Gasteiger partial charge in [0.05, 0.1) is 24.8 Å². The van der Waals surface area contributed by atoms with E-state index in [0.717, 1.165) is 26.1 Å². The number of furan rings is 1. The van der Waals surface area contributed by atoms with Crippen LogP contribution < -0.4 is 9.47 Å². The number of benzene rings is 1. The first-order valence-electron chi connectivity index (χ1n) is 7.76. The molecule has 0 aliphatic heterocycles. The number of nitrogens with zero attached hydrogens (tertiary/aromatic N) is 3. The van der Waals surface area contributed by atoms with Crippen molar-refractivity contribution in [3.05, 3.63) is 24.4 Å². The first kappa shape index (κ1) is 16.3. The number of imidazole rings is 1. The van der Waals surface area contributed by atoms with Crippen LogP contribution in [-0.4, -0.2) is 34.1 Å². The summed E-state index contributed by atoms with van der Waals surface area (Å²) in [6.07, 6.45) is 3.94. The Kier molecular flexibility index (Phi) is 4.09. The highest BCUT2D eigenvalue weighted by Gasteiger charge is 2.17. The Labute approximate surface area is 152 Å². The van der Waals surface area contributed by atoms with Crippen LogP contribution in [0.2, 0.25) is 0 Å². The van der Waals surface area contributed by atoms with E-state index in [4.69, 9.17) is 13.9 Å². The van der Waals surface area contributed by atoms with E-state index in [-0.39, 0.29) is 6.10 Å². The van der Waals surface area contributed by atoms with E-state index >= 15 is 0 Å². The number of methoxy groups -OCH3 is 1. The van der Waals surface area contributed by atoms with Crippen LogP contribution in [0.5, 0.6) is 11.5 Å². The van der Waals surface area contributed by atoms with Gasteiger partial charge < -0.3 is 13.9 Å². The third-order valence-corrected chi connectivity index (χ3v) is 5.52. The maximum Gasteiger partial charge on any atom is 0.213 e. The van der Waals surface area contributed by atoms with Crippen molar-refractivity contribution in [3.8, 4) is 23.0 Å². The van der Waals surface area contributed by atoms with Crippen LogP contribution in [0.15, 0.2) is 33.2 Å². The maximum atomic E-state index is 6.01. The van der Waals surface area contributed by atoms with Crippen molar-refractivity contribution in [2.45, 2.75) is 24.3 Å². The molecular formula is C17H17N3O3S2. The lowest BCUT2D eigenvalue weighted by molar-refractivity contribution is 0.244. The van der Waals surface area contributed by atoms with Gasteiger partial charge in [0.1, 0.15) is 22.8 Å². The van der Waals surface area contributed by atoms with Gasteiger partial charge in [-0.15, -0.1) is 5.10 Å². The summed E-state index contributed by atoms with van der Waals surface area (Å²) >= 11 is 3.16. The molecule has 0 spiro atoms. The van der Waals surface area contributed by atoms with Gasteiger partial charge in [-0.3, -0.25) is 0 Å². The molecule has 8 heteroatoms. The Bertz CT molecular complexity index is 1020. The molecule has 130 valence electrons. The van der Waals surface area contributed by atoms with E-state index in [1.807, 2.05) is 44.5 Å². The average Bonchev–Trinajstić information content (AvgIpc) is 3.25. The van der Waals surface area contributed by atoms with E-state index in [9.17, 15) is 0 Å². The van der Waals surface area contributed by atoms with Gasteiger partial charge in [-0.05, 0) is 26.2 Å². The molecule has 0 unspecified atom stereocenters. The van der Waals surface area contributed by atoms with Crippen LogP contribution in [0.25, 0.3) is 27.4 Å². The molecule has 0 atom stereocenters. The predicted octanol–water partition coefficient (Wildman–Crippen LogP) is 4.72. The third kappa shape index (κ3) is 2.96. The predicted molar refractivity (Wildman–Crippen MR) is 100 cm³/mol. The largest absolute Gasteiger partial charge is 0.496 e. The number of fused-ring (bicyclic) bond motifs is 2. The van der Waals surface area contributed by atoms with Crippen LogP contribution in [0.3, 0.4) is 0 Å². The Hall–Kier alpha value is -2.19. The smallest absolute Gasteiger partial charge is 0.213 e. The van der Waals surface area contributed by atoms with Crippen molar-refractivity contribution in [3.63, 3.8) is 0 Å². The summed E-state index contributed by atoms with van der Waals surface area (Å²) in [5, 5.41) is 5.37. The molecular weight excluding hydrogens is 358 g/mol. The van der Waals surface area contributed by atoms with E-state index in [2.05, 4.69) is 10.1 Å². The lowest BCUT2D eigenvalue weighted by atomic mass is 10.2. The molecule has 6 nitrogen and oxygen atoms in total. The highest BCUT2D eigenvalue weighted by Crippen LogP contribution is 2.37. The van der Waals surface area contributed by atoms with Crippen molar-refractivity contribution in [1.29, 1.82) is 0 Å². The van der Waals surface area contributed by atoms with Gasteiger partial charge in [0, 0.05) is 12.1 Å². The van der Waals surface area contributed by atoms with Crippen LogP contribution in [-0.2, 0) is 0 Å². The van der Waals surface area contributed by atoms with Crippen molar-refractivity contribution in [2.75, 3.05) is 13.4 Å². The SMILES string of the molecule is COc1cc(OC(C)C)c2cc(-c3cn4nc(SC)sc4n3)oc2c1. The fourth-order valence-electron chi connectivity index (χ4n) is 2.56. The van der Waals surface area contributed by atoms with Gasteiger partial charge >= 0.3 is 0 Å². The lowest BCUT2D eigenvalue weighted by Crippen LogP contribution is -2.05. The standard InChI is InChI=1S/C17H17N3O3S2/c1-9(2)22-13-5-10(21-3)6-14-11(13)7-15(23-14)12-8-20-16(18-12)25-17(19-20)24-4/h5-9H,1-4H3. The molecule has 3 heterocycles. The number of rotatable bonds is 5. The van der Waals surface area contributed by atoms with E-state index in [0.29, 0.717) is 17.1 Å². The summed E-state index contributed by atoms with van der Waals surface area (Å²) in [5.41, 5.74) is 1.45. The molecule has 0 saturated carbocycles. The van der Waals surface area contributed by atoms with Gasteiger partial charge in [0.2, 0.25) is 4.96 Å². The first-order chi connectivity index (χ1) is 12.1. The summed E-state index contributed by atoms with van der Waals surface area (Å²) < 4.78 is 20.0. The normalized spacial score (nSPS) is 11.7. The number of hydrogen-bond acceptors (Lipinski definition) is 7. The number of hydrogen-bond donors (Lipinski definition) is 0. The molecule has 0 N–H and O–H groups in total. The van der Waals surface area contributed by atoms with Gasteiger partial charge in [-0.1, -0.05) is 23.1 Å². The molecule has 4 aromatic rings. The summed E-state index contributed by atoms with van der Waals surface area (Å²) in [7, 11) is 1.63. The topological polar surface area (TPSA) is 61.8 Å². The Morgan fingerprint density at radius 1 is 1.28 bits per heavy atom. The molecule has 0 bridgehead atoms. The summed E-state index contributed by atoms with van der Waals surface area (Å²) in [6, 6.07) is 5.68. The van der Waals surface area contributed by atoms with Gasteiger partial charge in [0.25, 0.3) is 0 Å². The van der Waals surface area contributed by atoms with Crippen LogP contribution in [0, 0.1) is 0 Å². The molecule has 3 aromatic heterocycles. The molecule has 0 radical (unpaired) electrons. The minimum absolute atomic E-state index is 0.0563. The molecule has 25 heavy (non-hydrogen) atoms. The Morgan fingerprint density at radius 3 is 2.80 bits per heavy atom. The van der Waals surface area contributed by atoms with E-state index in [1.54, 1.807) is 34.7 Å². The lowest BCUT2D eigenvalue weighted by Gasteiger charge is -2.11. The second-order valence-corrected chi connectivity index (χ2v) is 7.75. The highest BCUT2D eigenvalue weighted by molar-refractivity contribution is 8.00. The van der Waals surface area contributed by atoms with Crippen LogP contribution >= 0.6 is 23.1 Å². The zero-order valence-electron chi connectivity index (χ0n) is 14.3. The van der Waals surface area contributed by atoms with Crippen molar-refractivity contribution in [1.82, 2.24) is 14.6 Å². The Balaban J connectivity index is 1.82. The van der Waals surface area contributed by atoms with Gasteiger partial charge in [-0.25, -0.2) is 9.50 Å². The van der Waals surface area contributed by atoms with Crippen molar-refractivity contribution >= 4 is 39.0 Å². The molecule has 1 aromatic carbocycles. The summed E-state index contributed by atoms with van der Waals surface area (Å²) in [4.78, 5) is 5.46. The first-order valence-corrected chi connectivity index (χ1v) is 9.80. The number of aromatic nitrogens is 3. The fourth-order valence-corrected chi connectivity index (χ4v) is 3.90. The van der Waals surface area contributed by atoms with Crippen LogP contribution in [0.4, 0.5) is 0 Å². The third-order valence-electron chi connectivity index (χ3n) is 3.62. The number of ether oxygens (including phenoxy) is 2. The van der Waals surface area contributed by atoms with E-state index in [1.165, 1.54) is 0 Å². The molecule has 0 amide bonds. The quantitative estimate of drug-likeness (QED) is 0.470. The molecule has 4 rings (SSSR count). The average molecular weight is 375 g/mol. The molecule has 0 aliphatic rings. The van der Waals surface area contributed by atoms with Gasteiger partial charge in [-0.2, -0.15) is 0 Å². The van der Waals surface area contributed by atoms with Gasteiger partial charge in [0.15, 0.2) is 10.1 Å². The Morgan fingerprint density at radius 2 is 2.12 bits per heavy atom.